The lowest BCUT2D eigenvalue weighted by Gasteiger charge is -2.17. The van der Waals surface area contributed by atoms with Gasteiger partial charge in [-0.25, -0.2) is 9.78 Å². The second-order valence-corrected chi connectivity index (χ2v) is 2.84. The first kappa shape index (κ1) is 10.3. The van der Waals surface area contributed by atoms with Gasteiger partial charge in [-0.05, 0) is 12.1 Å². The molecule has 0 saturated heterocycles. The highest BCUT2D eigenvalue weighted by molar-refractivity contribution is 5.64. The highest BCUT2D eigenvalue weighted by Crippen LogP contribution is 2.04. The molecule has 0 unspecified atom stereocenters. The van der Waals surface area contributed by atoms with Crippen LogP contribution < -0.4 is 10.2 Å². The molecule has 1 rings (SSSR count). The van der Waals surface area contributed by atoms with E-state index in [1.807, 2.05) is 30.1 Å². The largest absolute Gasteiger partial charge is 0.465 e. The fraction of sp³-hybridized carbons (Fsp3) is 0.333. The fourth-order valence-corrected chi connectivity index (χ4v) is 1.02. The zero-order valence-corrected chi connectivity index (χ0v) is 7.97. The number of pyridine rings is 1. The minimum atomic E-state index is -1.00. The van der Waals surface area contributed by atoms with Crippen molar-refractivity contribution in [2.75, 3.05) is 25.0 Å². The number of nitrogens with one attached hydrogen (secondary N) is 1. The maximum atomic E-state index is 10.2. The maximum absolute atomic E-state index is 10.2. The van der Waals surface area contributed by atoms with Gasteiger partial charge in [-0.2, -0.15) is 0 Å². The summed E-state index contributed by atoms with van der Waals surface area (Å²) < 4.78 is 0. The normalized spacial score (nSPS) is 9.50. The van der Waals surface area contributed by atoms with Crippen LogP contribution in [0.15, 0.2) is 24.4 Å². The molecule has 1 aromatic rings. The number of carboxylic acid groups (broad SMARTS) is 1. The summed E-state index contributed by atoms with van der Waals surface area (Å²) in [7, 11) is 1.87. The molecule has 14 heavy (non-hydrogen) atoms. The van der Waals surface area contributed by atoms with Crippen LogP contribution in [0.3, 0.4) is 0 Å². The summed E-state index contributed by atoms with van der Waals surface area (Å²) in [6.07, 6.45) is 0.704. The van der Waals surface area contributed by atoms with Gasteiger partial charge in [0, 0.05) is 26.3 Å². The van der Waals surface area contributed by atoms with Gasteiger partial charge < -0.3 is 15.3 Å². The molecular weight excluding hydrogens is 182 g/mol. The van der Waals surface area contributed by atoms with Crippen LogP contribution in [0.1, 0.15) is 0 Å². The average molecular weight is 195 g/mol. The molecule has 0 bridgehead atoms. The molecule has 5 nitrogen and oxygen atoms in total. The van der Waals surface area contributed by atoms with Crippen molar-refractivity contribution in [1.82, 2.24) is 10.3 Å². The zero-order valence-electron chi connectivity index (χ0n) is 7.97. The average Bonchev–Trinajstić information content (AvgIpc) is 2.18. The number of hydrogen-bond acceptors (Lipinski definition) is 3. The van der Waals surface area contributed by atoms with E-state index in [4.69, 9.17) is 5.11 Å². The molecule has 0 aliphatic carbocycles. The van der Waals surface area contributed by atoms with Crippen LogP contribution in [-0.4, -0.2) is 36.3 Å². The Morgan fingerprint density at radius 1 is 1.64 bits per heavy atom. The zero-order chi connectivity index (χ0) is 10.4. The number of likely N-dealkylation sites (N-methyl/N-ethyl adjacent to an activating group) is 1. The third kappa shape index (κ3) is 3.30. The lowest BCUT2D eigenvalue weighted by Crippen LogP contribution is -2.32. The number of amides is 1. The van der Waals surface area contributed by atoms with E-state index < -0.39 is 6.09 Å². The summed E-state index contributed by atoms with van der Waals surface area (Å²) in [4.78, 5) is 16.2. The van der Waals surface area contributed by atoms with E-state index in [1.54, 1.807) is 6.20 Å². The van der Waals surface area contributed by atoms with Crippen molar-refractivity contribution in [3.05, 3.63) is 24.4 Å². The monoisotopic (exact) mass is 195 g/mol. The molecule has 0 aliphatic heterocycles. The molecule has 1 amide bonds. The first-order chi connectivity index (χ1) is 6.70. The van der Waals surface area contributed by atoms with E-state index >= 15 is 0 Å². The Kier molecular flexibility index (Phi) is 3.72. The van der Waals surface area contributed by atoms with Crippen molar-refractivity contribution in [1.29, 1.82) is 0 Å². The summed E-state index contributed by atoms with van der Waals surface area (Å²) in [5, 5.41) is 10.6. The topological polar surface area (TPSA) is 65.5 Å². The molecule has 1 heterocycles. The Morgan fingerprint density at radius 2 is 2.43 bits per heavy atom. The van der Waals surface area contributed by atoms with Gasteiger partial charge in [0.15, 0.2) is 0 Å². The summed E-state index contributed by atoms with van der Waals surface area (Å²) in [5.41, 5.74) is 0. The Hall–Kier alpha value is -1.78. The van der Waals surface area contributed by atoms with Gasteiger partial charge in [0.1, 0.15) is 5.82 Å². The predicted octanol–water partition coefficient (Wildman–Crippen LogP) is 0.785. The highest BCUT2D eigenvalue weighted by atomic mass is 16.4. The predicted molar refractivity (Wildman–Crippen MR) is 53.5 cm³/mol. The first-order valence-electron chi connectivity index (χ1n) is 4.29. The molecule has 0 aromatic carbocycles. The van der Waals surface area contributed by atoms with Gasteiger partial charge in [-0.15, -0.1) is 0 Å². The van der Waals surface area contributed by atoms with E-state index in [0.717, 1.165) is 5.82 Å². The van der Waals surface area contributed by atoms with Crippen LogP contribution in [-0.2, 0) is 0 Å². The van der Waals surface area contributed by atoms with Crippen molar-refractivity contribution in [3.63, 3.8) is 0 Å². The summed E-state index contributed by atoms with van der Waals surface area (Å²) in [6, 6.07) is 5.61. The molecular formula is C9H13N3O2. The Labute approximate surface area is 82.4 Å². The van der Waals surface area contributed by atoms with Crippen LogP contribution in [0.25, 0.3) is 0 Å². The van der Waals surface area contributed by atoms with Crippen molar-refractivity contribution < 1.29 is 9.90 Å². The maximum Gasteiger partial charge on any atom is 0.404 e. The van der Waals surface area contributed by atoms with Crippen molar-refractivity contribution in [2.24, 2.45) is 0 Å². The Morgan fingerprint density at radius 3 is 3.00 bits per heavy atom. The molecule has 0 fully saturated rings. The number of rotatable bonds is 4. The molecule has 76 valence electrons. The van der Waals surface area contributed by atoms with E-state index in [1.165, 1.54) is 0 Å². The molecule has 0 atom stereocenters. The SMILES string of the molecule is CN(CCNC(=O)O)c1ccccn1. The first-order valence-corrected chi connectivity index (χ1v) is 4.29. The molecule has 0 saturated carbocycles. The van der Waals surface area contributed by atoms with Crippen LogP contribution in [0.5, 0.6) is 0 Å². The van der Waals surface area contributed by atoms with Gasteiger partial charge in [-0.1, -0.05) is 6.07 Å². The number of carbonyl (C=O) groups is 1. The highest BCUT2D eigenvalue weighted by Gasteiger charge is 2.01. The summed E-state index contributed by atoms with van der Waals surface area (Å²) in [5.74, 6) is 0.833. The van der Waals surface area contributed by atoms with Crippen LogP contribution in [0, 0.1) is 0 Å². The second kappa shape index (κ2) is 5.06. The third-order valence-corrected chi connectivity index (χ3v) is 1.76. The van der Waals surface area contributed by atoms with E-state index in [0.29, 0.717) is 13.1 Å². The third-order valence-electron chi connectivity index (χ3n) is 1.76. The van der Waals surface area contributed by atoms with Gasteiger partial charge in [0.2, 0.25) is 0 Å². The van der Waals surface area contributed by atoms with Gasteiger partial charge in [-0.3, -0.25) is 0 Å². The van der Waals surface area contributed by atoms with Crippen molar-refractivity contribution in [2.45, 2.75) is 0 Å². The number of aromatic nitrogens is 1. The number of hydrogen-bond donors (Lipinski definition) is 2. The van der Waals surface area contributed by atoms with Crippen LogP contribution >= 0.6 is 0 Å². The molecule has 0 spiro atoms. The number of nitrogens with zero attached hydrogens (tertiary/aromatic N) is 2. The fourth-order valence-electron chi connectivity index (χ4n) is 1.02. The Bertz CT molecular complexity index is 289. The Balaban J connectivity index is 2.36. The quantitative estimate of drug-likeness (QED) is 0.745. The summed E-state index contributed by atoms with van der Waals surface area (Å²) >= 11 is 0. The van der Waals surface area contributed by atoms with Crippen LogP contribution in [0.4, 0.5) is 10.6 Å². The minimum absolute atomic E-state index is 0.391. The lowest BCUT2D eigenvalue weighted by molar-refractivity contribution is 0.195. The molecule has 1 aromatic heterocycles. The van der Waals surface area contributed by atoms with Crippen LogP contribution in [0.2, 0.25) is 0 Å². The smallest absolute Gasteiger partial charge is 0.404 e. The lowest BCUT2D eigenvalue weighted by atomic mass is 10.4. The van der Waals surface area contributed by atoms with Crippen molar-refractivity contribution >= 4 is 11.9 Å². The minimum Gasteiger partial charge on any atom is -0.465 e. The van der Waals surface area contributed by atoms with E-state index in [2.05, 4.69) is 10.3 Å². The van der Waals surface area contributed by atoms with Gasteiger partial charge in [0.05, 0.1) is 0 Å². The van der Waals surface area contributed by atoms with E-state index in [9.17, 15) is 4.79 Å². The van der Waals surface area contributed by atoms with Gasteiger partial charge in [0.25, 0.3) is 0 Å². The standard InChI is InChI=1S/C9H13N3O2/c1-12(7-6-11-9(13)14)8-4-2-3-5-10-8/h2-5,11H,6-7H2,1H3,(H,13,14). The molecule has 5 heteroatoms. The van der Waals surface area contributed by atoms with E-state index in [-0.39, 0.29) is 0 Å². The molecule has 2 N–H and O–H groups in total. The van der Waals surface area contributed by atoms with Crippen molar-refractivity contribution in [3.8, 4) is 0 Å². The summed E-state index contributed by atoms with van der Waals surface area (Å²) in [6.45, 7) is 0.992. The number of anilines is 1. The molecule has 0 radical (unpaired) electrons. The molecule has 0 aliphatic rings. The van der Waals surface area contributed by atoms with Gasteiger partial charge >= 0.3 is 6.09 Å². The second-order valence-electron chi connectivity index (χ2n) is 2.84.